The van der Waals surface area contributed by atoms with Crippen LogP contribution >= 0.6 is 23.2 Å². The quantitative estimate of drug-likeness (QED) is 0.229. The molecule has 1 aliphatic rings. The maximum absolute atomic E-state index is 12.8. The normalized spacial score (nSPS) is 14.8. The predicted molar refractivity (Wildman–Crippen MR) is 152 cm³/mol. The fourth-order valence-electron chi connectivity index (χ4n) is 4.31. The lowest BCUT2D eigenvalue weighted by Crippen LogP contribution is -2.37. The van der Waals surface area contributed by atoms with Gasteiger partial charge in [-0.25, -0.2) is 5.01 Å². The van der Waals surface area contributed by atoms with E-state index in [9.17, 15) is 4.79 Å². The Morgan fingerprint density at radius 3 is 2.13 bits per heavy atom. The molecule has 1 atom stereocenters. The van der Waals surface area contributed by atoms with Crippen LogP contribution in [-0.2, 0) is 11.4 Å². The third kappa shape index (κ3) is 5.32. The highest BCUT2D eigenvalue weighted by atomic mass is 35.5. The standard InChI is InChI=1S/C30H25Cl2N3O3/c1-20(36)29-33-35(26-15-13-24(32)14-16-26)30(34(29)25-6-4-3-5-7-25)22-10-17-27(28(18-22)37-2)38-19-21-8-11-23(31)12-9-21/h3-18,30H,19H2,1-2H3/t30-/m1/s1. The Kier molecular flexibility index (Phi) is 7.54. The number of hydrogen-bond acceptors (Lipinski definition) is 6. The SMILES string of the molecule is COc1cc([C@H]2N(c3ccc(Cl)cc3)N=C(C(C)=O)N2c2ccccc2)ccc1OCc1ccc(Cl)cc1. The van der Waals surface area contributed by atoms with Gasteiger partial charge in [0.2, 0.25) is 0 Å². The molecule has 0 aliphatic carbocycles. The molecule has 0 spiro atoms. The fraction of sp³-hybridized carbons (Fsp3) is 0.133. The number of nitrogens with zero attached hydrogens (tertiary/aromatic N) is 3. The van der Waals surface area contributed by atoms with Crippen LogP contribution in [0.1, 0.15) is 24.2 Å². The van der Waals surface area contributed by atoms with Crippen molar-refractivity contribution in [3.05, 3.63) is 118 Å². The van der Waals surface area contributed by atoms with E-state index in [1.54, 1.807) is 19.2 Å². The van der Waals surface area contributed by atoms with E-state index < -0.39 is 6.17 Å². The Morgan fingerprint density at radius 2 is 1.50 bits per heavy atom. The first kappa shape index (κ1) is 25.6. The largest absolute Gasteiger partial charge is 0.493 e. The van der Waals surface area contributed by atoms with E-state index in [4.69, 9.17) is 37.8 Å². The monoisotopic (exact) mass is 545 g/mol. The lowest BCUT2D eigenvalue weighted by atomic mass is 10.1. The van der Waals surface area contributed by atoms with Gasteiger partial charge in [0.15, 0.2) is 29.3 Å². The van der Waals surface area contributed by atoms with Gasteiger partial charge in [-0.3, -0.25) is 9.69 Å². The van der Waals surface area contributed by atoms with Crippen LogP contribution in [0, 0.1) is 0 Å². The van der Waals surface area contributed by atoms with Crippen LogP contribution in [0.2, 0.25) is 10.0 Å². The Balaban J connectivity index is 1.55. The van der Waals surface area contributed by atoms with Crippen LogP contribution in [0.15, 0.2) is 102 Å². The van der Waals surface area contributed by atoms with E-state index in [0.29, 0.717) is 34.0 Å². The van der Waals surface area contributed by atoms with Gasteiger partial charge in [-0.1, -0.05) is 59.6 Å². The van der Waals surface area contributed by atoms with Crippen molar-refractivity contribution in [2.24, 2.45) is 5.10 Å². The van der Waals surface area contributed by atoms with Crippen LogP contribution < -0.4 is 19.4 Å². The lowest BCUT2D eigenvalue weighted by Gasteiger charge is -2.32. The van der Waals surface area contributed by atoms with E-state index in [1.807, 2.05) is 94.8 Å². The number of rotatable bonds is 8. The second kappa shape index (κ2) is 11.2. The highest BCUT2D eigenvalue weighted by molar-refractivity contribution is 6.44. The van der Waals surface area contributed by atoms with Gasteiger partial charge < -0.3 is 9.47 Å². The molecule has 0 unspecified atom stereocenters. The second-order valence-electron chi connectivity index (χ2n) is 8.71. The van der Waals surface area contributed by atoms with Gasteiger partial charge in [0, 0.05) is 28.2 Å². The summed E-state index contributed by atoms with van der Waals surface area (Å²) < 4.78 is 11.8. The maximum Gasteiger partial charge on any atom is 0.198 e. The van der Waals surface area contributed by atoms with Crippen molar-refractivity contribution < 1.29 is 14.3 Å². The van der Waals surface area contributed by atoms with E-state index in [-0.39, 0.29) is 5.78 Å². The van der Waals surface area contributed by atoms with Crippen molar-refractivity contribution in [3.63, 3.8) is 0 Å². The van der Waals surface area contributed by atoms with Crippen molar-refractivity contribution in [2.45, 2.75) is 19.7 Å². The molecule has 192 valence electrons. The van der Waals surface area contributed by atoms with Crippen molar-refractivity contribution in [1.29, 1.82) is 0 Å². The van der Waals surface area contributed by atoms with Gasteiger partial charge in [0.1, 0.15) is 6.61 Å². The fourth-order valence-corrected chi connectivity index (χ4v) is 4.56. The van der Waals surface area contributed by atoms with Gasteiger partial charge in [-0.2, -0.15) is 0 Å². The zero-order valence-electron chi connectivity index (χ0n) is 20.8. The predicted octanol–water partition coefficient (Wildman–Crippen LogP) is 7.51. The molecule has 0 radical (unpaired) electrons. The number of amidine groups is 1. The zero-order valence-corrected chi connectivity index (χ0v) is 22.4. The third-order valence-electron chi connectivity index (χ3n) is 6.14. The third-order valence-corrected chi connectivity index (χ3v) is 6.64. The number of benzene rings is 4. The molecule has 38 heavy (non-hydrogen) atoms. The number of para-hydroxylation sites is 1. The summed E-state index contributed by atoms with van der Waals surface area (Å²) in [4.78, 5) is 14.7. The average molecular weight is 546 g/mol. The van der Waals surface area contributed by atoms with Gasteiger partial charge in [0.25, 0.3) is 0 Å². The van der Waals surface area contributed by atoms with Crippen molar-refractivity contribution >= 4 is 46.2 Å². The summed E-state index contributed by atoms with van der Waals surface area (Å²) in [6, 6.07) is 30.3. The summed E-state index contributed by atoms with van der Waals surface area (Å²) in [5, 5.41) is 7.88. The summed E-state index contributed by atoms with van der Waals surface area (Å²) in [7, 11) is 1.60. The van der Waals surface area contributed by atoms with Gasteiger partial charge in [0.05, 0.1) is 12.8 Å². The highest BCUT2D eigenvalue weighted by Crippen LogP contribution is 2.41. The first-order valence-corrected chi connectivity index (χ1v) is 12.7. The minimum Gasteiger partial charge on any atom is -0.493 e. The molecule has 1 heterocycles. The molecule has 0 saturated heterocycles. The Morgan fingerprint density at radius 1 is 0.842 bits per heavy atom. The number of hydrogen-bond donors (Lipinski definition) is 0. The summed E-state index contributed by atoms with van der Waals surface area (Å²) in [5.41, 5.74) is 3.48. The Hall–Kier alpha value is -4.00. The number of carbonyl (C=O) groups excluding carboxylic acids is 1. The Labute approximate surface area is 231 Å². The number of halogens is 2. The number of Topliss-reactive ketones (excluding diaryl/α,β-unsaturated/α-hetero) is 1. The summed E-state index contributed by atoms with van der Waals surface area (Å²) >= 11 is 12.2. The van der Waals surface area contributed by atoms with Crippen LogP contribution in [0.4, 0.5) is 11.4 Å². The molecule has 8 heteroatoms. The molecule has 0 N–H and O–H groups in total. The van der Waals surface area contributed by atoms with Crippen LogP contribution in [0.25, 0.3) is 0 Å². The number of methoxy groups -OCH3 is 1. The highest BCUT2D eigenvalue weighted by Gasteiger charge is 2.39. The molecule has 6 nitrogen and oxygen atoms in total. The summed E-state index contributed by atoms with van der Waals surface area (Å²) in [5.74, 6) is 1.35. The zero-order chi connectivity index (χ0) is 26.6. The molecule has 4 aromatic carbocycles. The van der Waals surface area contributed by atoms with Crippen LogP contribution in [-0.4, -0.2) is 18.7 Å². The average Bonchev–Trinajstić information content (AvgIpc) is 3.35. The number of ketones is 1. The van der Waals surface area contributed by atoms with Crippen LogP contribution in [0.5, 0.6) is 11.5 Å². The van der Waals surface area contributed by atoms with Crippen molar-refractivity contribution in [3.8, 4) is 11.5 Å². The smallest absolute Gasteiger partial charge is 0.198 e. The minimum absolute atomic E-state index is 0.148. The first-order chi connectivity index (χ1) is 18.4. The molecule has 0 aromatic heterocycles. The summed E-state index contributed by atoms with van der Waals surface area (Å²) in [6.45, 7) is 1.88. The molecule has 4 aromatic rings. The van der Waals surface area contributed by atoms with Crippen molar-refractivity contribution in [1.82, 2.24) is 0 Å². The number of carbonyl (C=O) groups is 1. The van der Waals surface area contributed by atoms with Crippen LogP contribution in [0.3, 0.4) is 0 Å². The summed E-state index contributed by atoms with van der Waals surface area (Å²) in [6.07, 6.45) is -0.461. The molecule has 0 amide bonds. The molecular weight excluding hydrogens is 521 g/mol. The van der Waals surface area contributed by atoms with E-state index >= 15 is 0 Å². The Bertz CT molecular complexity index is 1460. The van der Waals surface area contributed by atoms with Crippen molar-refractivity contribution in [2.75, 3.05) is 17.0 Å². The van der Waals surface area contributed by atoms with Gasteiger partial charge in [-0.05, 0) is 66.2 Å². The molecule has 0 fully saturated rings. The number of anilines is 2. The van der Waals surface area contributed by atoms with E-state index in [2.05, 4.69) is 0 Å². The van der Waals surface area contributed by atoms with Gasteiger partial charge >= 0.3 is 0 Å². The molecule has 5 rings (SSSR count). The number of ether oxygens (including phenoxy) is 2. The van der Waals surface area contributed by atoms with Gasteiger partial charge in [-0.15, -0.1) is 5.10 Å². The van der Waals surface area contributed by atoms with E-state index in [0.717, 1.165) is 22.5 Å². The molecule has 0 saturated carbocycles. The first-order valence-electron chi connectivity index (χ1n) is 12.0. The molecule has 1 aliphatic heterocycles. The minimum atomic E-state index is -0.461. The maximum atomic E-state index is 12.8. The molecule has 0 bridgehead atoms. The topological polar surface area (TPSA) is 54.4 Å². The lowest BCUT2D eigenvalue weighted by molar-refractivity contribution is -0.111. The van der Waals surface area contributed by atoms with E-state index in [1.165, 1.54) is 6.92 Å². The molecular formula is C30H25Cl2N3O3. The second-order valence-corrected chi connectivity index (χ2v) is 9.58. The number of hydrazone groups is 1.